The molecule has 3 heterocycles. The van der Waals surface area contributed by atoms with Crippen LogP contribution in [0, 0.1) is 6.92 Å². The Morgan fingerprint density at radius 2 is 1.70 bits per heavy atom. The number of hydrogen-bond donors (Lipinski definition) is 0. The molecule has 0 amide bonds. The molecule has 0 saturated carbocycles. The molecule has 1 aromatic heterocycles. The fraction of sp³-hybridized carbons (Fsp3) is 0.300. The Balaban J connectivity index is 1.44. The first-order valence-electron chi connectivity index (χ1n) is 8.94. The molecule has 2 saturated heterocycles. The predicted molar refractivity (Wildman–Crippen MR) is 108 cm³/mol. The average molecular weight is 380 g/mol. The largest absolute Gasteiger partial charge is 0.368 e. The van der Waals surface area contributed by atoms with Crippen molar-refractivity contribution < 1.29 is 9.59 Å². The van der Waals surface area contributed by atoms with E-state index in [1.165, 1.54) is 11.3 Å². The van der Waals surface area contributed by atoms with Crippen molar-refractivity contribution in [1.82, 2.24) is 9.97 Å². The van der Waals surface area contributed by atoms with E-state index >= 15 is 0 Å². The Morgan fingerprint density at radius 1 is 1.00 bits per heavy atom. The van der Waals surface area contributed by atoms with Gasteiger partial charge < -0.3 is 9.80 Å². The fourth-order valence-electron chi connectivity index (χ4n) is 3.19. The molecule has 7 heteroatoms. The summed E-state index contributed by atoms with van der Waals surface area (Å²) in [6.07, 6.45) is 3.37. The number of carbonyl (C=O) groups is 2. The maximum atomic E-state index is 11.8. The standard InChI is InChI=1S/C20H20N4O2S/c1-14-2-4-16(5-3-14)23-8-10-24(11-9-23)20-21-7-6-15(22-20)12-18-17(25)13-19(26)27-18/h2-7,12H,8-11,13H2,1H3. The molecule has 0 unspecified atom stereocenters. The number of nitrogens with zero attached hydrogens (tertiary/aromatic N) is 4. The van der Waals surface area contributed by atoms with Gasteiger partial charge in [0.1, 0.15) is 0 Å². The van der Waals surface area contributed by atoms with E-state index < -0.39 is 0 Å². The number of thioether (sulfide) groups is 1. The first-order chi connectivity index (χ1) is 13.1. The molecule has 0 radical (unpaired) electrons. The van der Waals surface area contributed by atoms with E-state index in [1.54, 1.807) is 18.3 Å². The second-order valence-corrected chi connectivity index (χ2v) is 7.77. The van der Waals surface area contributed by atoms with E-state index in [9.17, 15) is 9.59 Å². The average Bonchev–Trinajstić information content (AvgIpc) is 3.00. The molecule has 0 atom stereocenters. The van der Waals surface area contributed by atoms with Crippen LogP contribution in [0.15, 0.2) is 41.4 Å². The maximum absolute atomic E-state index is 11.8. The summed E-state index contributed by atoms with van der Waals surface area (Å²) in [6, 6.07) is 10.3. The van der Waals surface area contributed by atoms with Gasteiger partial charge in [0, 0.05) is 38.1 Å². The van der Waals surface area contributed by atoms with Crippen molar-refractivity contribution in [3.8, 4) is 0 Å². The summed E-state index contributed by atoms with van der Waals surface area (Å²) in [7, 11) is 0. The van der Waals surface area contributed by atoms with Crippen LogP contribution < -0.4 is 9.80 Å². The highest BCUT2D eigenvalue weighted by Crippen LogP contribution is 2.30. The van der Waals surface area contributed by atoms with Crippen LogP contribution in [0.4, 0.5) is 11.6 Å². The summed E-state index contributed by atoms with van der Waals surface area (Å²) in [5, 5.41) is -0.104. The first-order valence-corrected chi connectivity index (χ1v) is 9.75. The van der Waals surface area contributed by atoms with Crippen LogP contribution in [0.25, 0.3) is 6.08 Å². The zero-order chi connectivity index (χ0) is 18.8. The Labute approximate surface area is 162 Å². The second-order valence-electron chi connectivity index (χ2n) is 6.67. The normalized spacial score (nSPS) is 19.2. The fourth-order valence-corrected chi connectivity index (χ4v) is 4.01. The lowest BCUT2D eigenvalue weighted by Crippen LogP contribution is -2.47. The molecule has 138 valence electrons. The minimum Gasteiger partial charge on any atom is -0.368 e. The van der Waals surface area contributed by atoms with Crippen LogP contribution in [0.5, 0.6) is 0 Å². The number of anilines is 2. The maximum Gasteiger partial charge on any atom is 0.225 e. The Kier molecular flexibility index (Phi) is 4.94. The van der Waals surface area contributed by atoms with Crippen LogP contribution in [0.2, 0.25) is 0 Å². The molecule has 0 bridgehead atoms. The van der Waals surface area contributed by atoms with Crippen molar-refractivity contribution in [2.75, 3.05) is 36.0 Å². The number of piperazine rings is 1. The molecule has 6 nitrogen and oxygen atoms in total. The van der Waals surface area contributed by atoms with Gasteiger partial charge in [-0.05, 0) is 43.0 Å². The molecule has 1 aromatic carbocycles. The Hall–Kier alpha value is -2.67. The van der Waals surface area contributed by atoms with Crippen LogP contribution in [0.1, 0.15) is 17.7 Å². The van der Waals surface area contributed by atoms with Crippen molar-refractivity contribution in [2.45, 2.75) is 13.3 Å². The van der Waals surface area contributed by atoms with Crippen molar-refractivity contribution in [1.29, 1.82) is 0 Å². The molecule has 0 N–H and O–H groups in total. The summed E-state index contributed by atoms with van der Waals surface area (Å²) in [6.45, 7) is 5.57. The topological polar surface area (TPSA) is 66.4 Å². The van der Waals surface area contributed by atoms with Crippen molar-refractivity contribution >= 4 is 40.4 Å². The van der Waals surface area contributed by atoms with E-state index in [1.807, 2.05) is 0 Å². The third-order valence-electron chi connectivity index (χ3n) is 4.71. The third-order valence-corrected chi connectivity index (χ3v) is 5.65. The van der Waals surface area contributed by atoms with Crippen molar-refractivity contribution in [3.63, 3.8) is 0 Å². The molecular weight excluding hydrogens is 360 g/mol. The highest BCUT2D eigenvalue weighted by atomic mass is 32.2. The number of aryl methyl sites for hydroxylation is 1. The van der Waals surface area contributed by atoms with E-state index in [-0.39, 0.29) is 17.3 Å². The summed E-state index contributed by atoms with van der Waals surface area (Å²) in [5.74, 6) is 0.534. The van der Waals surface area contributed by atoms with Gasteiger partial charge in [-0.1, -0.05) is 17.7 Å². The zero-order valence-electron chi connectivity index (χ0n) is 15.1. The van der Waals surface area contributed by atoms with Crippen LogP contribution >= 0.6 is 11.8 Å². The SMILES string of the molecule is Cc1ccc(N2CCN(c3nccc(C=C4SC(=O)CC4=O)n3)CC2)cc1. The molecule has 0 spiro atoms. The molecule has 27 heavy (non-hydrogen) atoms. The van der Waals surface area contributed by atoms with E-state index in [0.29, 0.717) is 16.5 Å². The zero-order valence-corrected chi connectivity index (χ0v) is 15.9. The lowest BCUT2D eigenvalue weighted by molar-refractivity contribution is -0.119. The van der Waals surface area contributed by atoms with Crippen molar-refractivity contribution in [2.24, 2.45) is 0 Å². The minimum absolute atomic E-state index is 0.0184. The molecule has 0 aliphatic carbocycles. The van der Waals surface area contributed by atoms with Gasteiger partial charge in [-0.15, -0.1) is 0 Å². The number of benzene rings is 1. The highest BCUT2D eigenvalue weighted by Gasteiger charge is 2.26. The molecule has 4 rings (SSSR count). The number of Topliss-reactive ketones (excluding diaryl/α,β-unsaturated/α-hetero) is 1. The molecule has 2 aliphatic heterocycles. The van der Waals surface area contributed by atoms with Crippen molar-refractivity contribution in [3.05, 3.63) is 52.7 Å². The first kappa shape index (κ1) is 17.7. The smallest absolute Gasteiger partial charge is 0.225 e. The Bertz CT molecular complexity index is 902. The lowest BCUT2D eigenvalue weighted by Gasteiger charge is -2.36. The molecule has 2 aliphatic rings. The van der Waals surface area contributed by atoms with E-state index in [0.717, 1.165) is 37.9 Å². The van der Waals surface area contributed by atoms with Crippen LogP contribution in [-0.2, 0) is 9.59 Å². The molecule has 2 aromatic rings. The number of hydrogen-bond acceptors (Lipinski definition) is 7. The van der Waals surface area contributed by atoms with Gasteiger partial charge >= 0.3 is 0 Å². The van der Waals surface area contributed by atoms with E-state index in [4.69, 9.17) is 0 Å². The number of allylic oxidation sites excluding steroid dienone is 1. The second kappa shape index (κ2) is 7.52. The summed E-state index contributed by atoms with van der Waals surface area (Å²) < 4.78 is 0. The van der Waals surface area contributed by atoms with Gasteiger partial charge in [-0.3, -0.25) is 9.59 Å². The van der Waals surface area contributed by atoms with Gasteiger partial charge in [-0.25, -0.2) is 9.97 Å². The van der Waals surface area contributed by atoms with Gasteiger partial charge in [0.25, 0.3) is 0 Å². The Morgan fingerprint density at radius 3 is 2.37 bits per heavy atom. The molecule has 2 fully saturated rings. The summed E-state index contributed by atoms with van der Waals surface area (Å²) >= 11 is 1.00. The summed E-state index contributed by atoms with van der Waals surface area (Å²) in [5.41, 5.74) is 3.16. The highest BCUT2D eigenvalue weighted by molar-refractivity contribution is 8.18. The molecular formula is C20H20N4O2S. The van der Waals surface area contributed by atoms with Crippen LogP contribution in [-0.4, -0.2) is 47.0 Å². The number of rotatable bonds is 3. The van der Waals surface area contributed by atoms with Crippen LogP contribution in [0.3, 0.4) is 0 Å². The minimum atomic E-state index is -0.128. The summed E-state index contributed by atoms with van der Waals surface area (Å²) in [4.78, 5) is 37.1. The monoisotopic (exact) mass is 380 g/mol. The number of carbonyl (C=O) groups excluding carboxylic acids is 2. The van der Waals surface area contributed by atoms with Gasteiger partial charge in [0.2, 0.25) is 11.1 Å². The number of aromatic nitrogens is 2. The lowest BCUT2D eigenvalue weighted by atomic mass is 10.2. The van der Waals surface area contributed by atoms with E-state index in [2.05, 4.69) is 51.0 Å². The van der Waals surface area contributed by atoms with Gasteiger partial charge in [0.15, 0.2) is 5.78 Å². The quantitative estimate of drug-likeness (QED) is 0.599. The number of ketones is 1. The predicted octanol–water partition coefficient (Wildman–Crippen LogP) is 2.69. The van der Waals surface area contributed by atoms with Gasteiger partial charge in [0.05, 0.1) is 17.0 Å². The third kappa shape index (κ3) is 4.03. The van der Waals surface area contributed by atoms with Gasteiger partial charge in [-0.2, -0.15) is 0 Å².